The van der Waals surface area contributed by atoms with Crippen LogP contribution >= 0.6 is 11.8 Å². The van der Waals surface area contributed by atoms with E-state index in [4.69, 9.17) is 14.5 Å². The summed E-state index contributed by atoms with van der Waals surface area (Å²) < 4.78 is 11.5. The number of carbonyl (C=O) groups excluding carboxylic acids is 1. The van der Waals surface area contributed by atoms with Crippen LogP contribution in [0.25, 0.3) is 0 Å². The largest absolute Gasteiger partial charge is 0.493 e. The third-order valence-electron chi connectivity index (χ3n) is 5.00. The van der Waals surface area contributed by atoms with Crippen LogP contribution in [-0.4, -0.2) is 36.3 Å². The van der Waals surface area contributed by atoms with Crippen LogP contribution in [0.1, 0.15) is 31.0 Å². The summed E-state index contributed by atoms with van der Waals surface area (Å²) in [5.41, 5.74) is 3.61. The highest BCUT2D eigenvalue weighted by molar-refractivity contribution is 8.13. The molecule has 0 saturated carbocycles. The van der Waals surface area contributed by atoms with Crippen LogP contribution in [0.4, 0.5) is 0 Å². The molecule has 29 heavy (non-hydrogen) atoms. The number of ketones is 1. The van der Waals surface area contributed by atoms with Gasteiger partial charge in [0.05, 0.1) is 7.11 Å². The van der Waals surface area contributed by atoms with Crippen LogP contribution in [0.3, 0.4) is 0 Å². The molecule has 0 fully saturated rings. The summed E-state index contributed by atoms with van der Waals surface area (Å²) >= 11 is 1.56. The molecule has 0 amide bonds. The van der Waals surface area contributed by atoms with Gasteiger partial charge in [-0.3, -0.25) is 4.79 Å². The van der Waals surface area contributed by atoms with Crippen molar-refractivity contribution >= 4 is 22.7 Å². The molecule has 1 aliphatic heterocycles. The Bertz CT molecular complexity index is 954. The van der Waals surface area contributed by atoms with Crippen LogP contribution in [0.2, 0.25) is 0 Å². The fourth-order valence-electron chi connectivity index (χ4n) is 3.37. The molecule has 0 bridgehead atoms. The molecule has 0 aromatic heterocycles. The smallest absolute Gasteiger partial charge is 0.163 e. The third kappa shape index (κ3) is 4.48. The molecule has 152 valence electrons. The highest BCUT2D eigenvalue weighted by Crippen LogP contribution is 2.39. The van der Waals surface area contributed by atoms with E-state index in [1.54, 1.807) is 25.8 Å². The summed E-state index contributed by atoms with van der Waals surface area (Å²) in [6.07, 6.45) is 1.99. The Kier molecular flexibility index (Phi) is 6.64. The summed E-state index contributed by atoms with van der Waals surface area (Å²) in [6, 6.07) is 15.4. The molecule has 0 unspecified atom stereocenters. The molecular weight excluding hydrogens is 384 g/mol. The van der Waals surface area contributed by atoms with Crippen LogP contribution < -0.4 is 9.47 Å². The first kappa shape index (κ1) is 21.0. The van der Waals surface area contributed by atoms with Gasteiger partial charge in [0, 0.05) is 18.3 Å². The zero-order valence-corrected chi connectivity index (χ0v) is 18.2. The van der Waals surface area contributed by atoms with Crippen LogP contribution in [0.5, 0.6) is 11.5 Å². The standard InChI is InChI=1S/C23H26N2O3S/c1-15-21(16(2)26)22(24-23(29-5)25(15)3)18-11-12-19(20(13-18)27-4)28-14-17-9-7-6-8-10-17/h6-13,22H,14H2,1-5H3/t22-/m1/s1. The van der Waals surface area contributed by atoms with Gasteiger partial charge in [-0.1, -0.05) is 48.2 Å². The van der Waals surface area contributed by atoms with Crippen LogP contribution in [0.15, 0.2) is 64.8 Å². The first-order valence-electron chi connectivity index (χ1n) is 9.38. The van der Waals surface area contributed by atoms with Crippen molar-refractivity contribution in [2.24, 2.45) is 4.99 Å². The summed E-state index contributed by atoms with van der Waals surface area (Å²) in [4.78, 5) is 19.2. The quantitative estimate of drug-likeness (QED) is 0.682. The zero-order chi connectivity index (χ0) is 21.0. The predicted molar refractivity (Wildman–Crippen MR) is 119 cm³/mol. The number of Topliss-reactive ketones (excluding diaryl/α,β-unsaturated/α-hetero) is 1. The number of rotatable bonds is 6. The van der Waals surface area contributed by atoms with E-state index in [9.17, 15) is 4.79 Å². The number of allylic oxidation sites excluding steroid dienone is 1. The van der Waals surface area contributed by atoms with Crippen LogP contribution in [0, 0.1) is 0 Å². The van der Waals surface area contributed by atoms with Gasteiger partial charge in [-0.15, -0.1) is 0 Å². The number of methoxy groups -OCH3 is 1. The van der Waals surface area contributed by atoms with E-state index in [1.165, 1.54) is 0 Å². The van der Waals surface area contributed by atoms with Gasteiger partial charge in [0.2, 0.25) is 0 Å². The Labute approximate surface area is 176 Å². The van der Waals surface area contributed by atoms with Gasteiger partial charge in [0.1, 0.15) is 12.6 Å². The normalized spacial score (nSPS) is 16.5. The zero-order valence-electron chi connectivity index (χ0n) is 17.4. The number of benzene rings is 2. The average molecular weight is 411 g/mol. The molecule has 6 heteroatoms. The Morgan fingerprint density at radius 2 is 1.90 bits per heavy atom. The van der Waals surface area contributed by atoms with Gasteiger partial charge < -0.3 is 14.4 Å². The Morgan fingerprint density at radius 1 is 1.17 bits per heavy atom. The number of aliphatic imine (C=N–C) groups is 1. The summed E-state index contributed by atoms with van der Waals surface area (Å²) in [5.74, 6) is 1.30. The minimum absolute atomic E-state index is 0.0200. The lowest BCUT2D eigenvalue weighted by Gasteiger charge is -2.31. The van der Waals surface area contributed by atoms with Crippen molar-refractivity contribution in [2.45, 2.75) is 26.5 Å². The number of hydrogen-bond donors (Lipinski definition) is 0. The molecule has 2 aromatic carbocycles. The topological polar surface area (TPSA) is 51.1 Å². The monoisotopic (exact) mass is 410 g/mol. The SMILES string of the molecule is COc1cc([C@H]2N=C(SC)N(C)C(C)=C2C(C)=O)ccc1OCc1ccccc1. The fourth-order valence-corrected chi connectivity index (χ4v) is 3.99. The van der Waals surface area contributed by atoms with Gasteiger partial charge in [0.15, 0.2) is 22.4 Å². The van der Waals surface area contributed by atoms with Crippen molar-refractivity contribution in [1.82, 2.24) is 4.90 Å². The molecule has 3 rings (SSSR count). The second-order valence-corrected chi connectivity index (χ2v) is 7.59. The van der Waals surface area contributed by atoms with E-state index in [-0.39, 0.29) is 11.8 Å². The van der Waals surface area contributed by atoms with E-state index < -0.39 is 0 Å². The maximum atomic E-state index is 12.4. The number of carbonyl (C=O) groups is 1. The minimum atomic E-state index is -0.358. The van der Waals surface area contributed by atoms with Crippen molar-refractivity contribution < 1.29 is 14.3 Å². The van der Waals surface area contributed by atoms with E-state index in [1.807, 2.05) is 73.7 Å². The molecule has 0 saturated heterocycles. The molecule has 0 aliphatic carbocycles. The number of nitrogens with zero attached hydrogens (tertiary/aromatic N) is 2. The average Bonchev–Trinajstić information content (AvgIpc) is 2.74. The third-order valence-corrected chi connectivity index (χ3v) is 5.74. The molecule has 1 atom stereocenters. The van der Waals surface area contributed by atoms with Crippen molar-refractivity contribution in [2.75, 3.05) is 20.4 Å². The van der Waals surface area contributed by atoms with Crippen LogP contribution in [-0.2, 0) is 11.4 Å². The van der Waals surface area contributed by atoms with E-state index in [0.717, 1.165) is 22.0 Å². The van der Waals surface area contributed by atoms with Crippen molar-refractivity contribution in [3.63, 3.8) is 0 Å². The second-order valence-electron chi connectivity index (χ2n) is 6.82. The minimum Gasteiger partial charge on any atom is -0.493 e. The molecular formula is C23H26N2O3S. The molecule has 1 heterocycles. The second kappa shape index (κ2) is 9.18. The highest BCUT2D eigenvalue weighted by atomic mass is 32.2. The summed E-state index contributed by atoms with van der Waals surface area (Å²) in [6.45, 7) is 4.01. The van der Waals surface area contributed by atoms with Crippen molar-refractivity contribution in [1.29, 1.82) is 0 Å². The number of hydrogen-bond acceptors (Lipinski definition) is 6. The first-order chi connectivity index (χ1) is 14.0. The van der Waals surface area contributed by atoms with E-state index >= 15 is 0 Å². The molecule has 0 radical (unpaired) electrons. The molecule has 0 N–H and O–H groups in total. The van der Waals surface area contributed by atoms with Gasteiger partial charge >= 0.3 is 0 Å². The van der Waals surface area contributed by atoms with Gasteiger partial charge in [-0.05, 0) is 43.4 Å². The number of thioether (sulfide) groups is 1. The maximum absolute atomic E-state index is 12.4. The molecule has 1 aliphatic rings. The summed E-state index contributed by atoms with van der Waals surface area (Å²) in [7, 11) is 3.55. The van der Waals surface area contributed by atoms with E-state index in [2.05, 4.69) is 0 Å². The maximum Gasteiger partial charge on any atom is 0.163 e. The van der Waals surface area contributed by atoms with Crippen molar-refractivity contribution in [3.05, 3.63) is 70.9 Å². The van der Waals surface area contributed by atoms with Gasteiger partial charge in [-0.2, -0.15) is 0 Å². The molecule has 0 spiro atoms. The van der Waals surface area contributed by atoms with Gasteiger partial charge in [0.25, 0.3) is 0 Å². The number of amidine groups is 1. The fraction of sp³-hybridized carbons (Fsp3) is 0.304. The molecule has 2 aromatic rings. The van der Waals surface area contributed by atoms with Crippen molar-refractivity contribution in [3.8, 4) is 11.5 Å². The van der Waals surface area contributed by atoms with E-state index in [0.29, 0.717) is 23.7 Å². The first-order valence-corrected chi connectivity index (χ1v) is 10.6. The lowest BCUT2D eigenvalue weighted by molar-refractivity contribution is -0.114. The Hall–Kier alpha value is -2.73. The lowest BCUT2D eigenvalue weighted by Crippen LogP contribution is -2.31. The predicted octanol–water partition coefficient (Wildman–Crippen LogP) is 4.84. The highest BCUT2D eigenvalue weighted by Gasteiger charge is 2.30. The Balaban J connectivity index is 1.93. The number of ether oxygens (including phenoxy) is 2. The summed E-state index contributed by atoms with van der Waals surface area (Å²) in [5, 5.41) is 0.876. The molecule has 5 nitrogen and oxygen atoms in total. The van der Waals surface area contributed by atoms with Gasteiger partial charge in [-0.25, -0.2) is 4.99 Å². The Morgan fingerprint density at radius 3 is 2.52 bits per heavy atom. The lowest BCUT2D eigenvalue weighted by atomic mass is 9.93.